The fraction of sp³-hybridized carbons (Fsp3) is 0.235. The van der Waals surface area contributed by atoms with Gasteiger partial charge in [-0.2, -0.15) is 0 Å². The number of carbonyl (C=O) groups is 1. The van der Waals surface area contributed by atoms with Gasteiger partial charge in [0.25, 0.3) is 5.69 Å². The molecule has 0 aliphatic carbocycles. The van der Waals surface area contributed by atoms with Crippen molar-refractivity contribution in [3.63, 3.8) is 0 Å². The van der Waals surface area contributed by atoms with E-state index >= 15 is 0 Å². The van der Waals surface area contributed by atoms with Gasteiger partial charge in [-0.05, 0) is 24.1 Å². The molecule has 1 aliphatic heterocycles. The van der Waals surface area contributed by atoms with Gasteiger partial charge < -0.3 is 0 Å². The molecular formula is C17H17N5O3. The maximum absolute atomic E-state index is 11.5. The van der Waals surface area contributed by atoms with E-state index < -0.39 is 11.1 Å². The van der Waals surface area contributed by atoms with Crippen molar-refractivity contribution in [2.75, 3.05) is 0 Å². The molecule has 25 heavy (non-hydrogen) atoms. The number of aryl methyl sites for hydroxylation is 1. The largest absolute Gasteiger partial charge is 0.299 e. The average Bonchev–Trinajstić information content (AvgIpc) is 2.97. The Balaban J connectivity index is 1.71. The first kappa shape index (κ1) is 16.6. The lowest BCUT2D eigenvalue weighted by Crippen LogP contribution is -2.39. The van der Waals surface area contributed by atoms with Crippen LogP contribution < -0.4 is 0 Å². The molecule has 2 aromatic rings. The minimum atomic E-state index is -0.601. The van der Waals surface area contributed by atoms with Gasteiger partial charge in [0.15, 0.2) is 12.5 Å². The van der Waals surface area contributed by atoms with Gasteiger partial charge in [-0.25, -0.2) is 10.0 Å². The van der Waals surface area contributed by atoms with Gasteiger partial charge in [0.1, 0.15) is 0 Å². The summed E-state index contributed by atoms with van der Waals surface area (Å²) in [4.78, 5) is 22.0. The van der Waals surface area contributed by atoms with Gasteiger partial charge in [-0.3, -0.25) is 14.9 Å². The number of benzene rings is 2. The summed E-state index contributed by atoms with van der Waals surface area (Å²) < 4.78 is 0. The Bertz CT molecular complexity index is 809. The maximum atomic E-state index is 11.5. The molecule has 2 aromatic carbocycles. The number of rotatable bonds is 6. The second-order valence-corrected chi connectivity index (χ2v) is 5.79. The molecule has 0 aromatic heterocycles. The Morgan fingerprint density at radius 3 is 2.28 bits per heavy atom. The van der Waals surface area contributed by atoms with Gasteiger partial charge in [0, 0.05) is 11.6 Å². The SMILES string of the molecule is Cc1cc(CN2N=NN(Cc3ccccc3)C2C=O)ccc1[N+](=O)[O-]. The highest BCUT2D eigenvalue weighted by Gasteiger charge is 2.29. The quantitative estimate of drug-likeness (QED) is 0.458. The summed E-state index contributed by atoms with van der Waals surface area (Å²) in [5.74, 6) is 0. The fourth-order valence-corrected chi connectivity index (χ4v) is 2.73. The van der Waals surface area contributed by atoms with Crippen LogP contribution in [0.15, 0.2) is 59.0 Å². The van der Waals surface area contributed by atoms with Crippen molar-refractivity contribution in [2.24, 2.45) is 10.4 Å². The van der Waals surface area contributed by atoms with Crippen molar-refractivity contribution in [3.05, 3.63) is 75.3 Å². The fourth-order valence-electron chi connectivity index (χ4n) is 2.73. The summed E-state index contributed by atoms with van der Waals surface area (Å²) in [6, 6.07) is 14.6. The summed E-state index contributed by atoms with van der Waals surface area (Å²) in [5, 5.41) is 22.2. The number of hydrogen-bond acceptors (Lipinski definition) is 7. The molecule has 1 aliphatic rings. The lowest BCUT2D eigenvalue weighted by atomic mass is 10.1. The number of carbonyl (C=O) groups excluding carboxylic acids is 1. The van der Waals surface area contributed by atoms with Crippen LogP contribution in [0.5, 0.6) is 0 Å². The van der Waals surface area contributed by atoms with Crippen molar-refractivity contribution >= 4 is 12.0 Å². The van der Waals surface area contributed by atoms with E-state index in [9.17, 15) is 14.9 Å². The molecule has 0 saturated carbocycles. The molecule has 0 saturated heterocycles. The first-order valence-corrected chi connectivity index (χ1v) is 7.76. The highest BCUT2D eigenvalue weighted by atomic mass is 16.6. The van der Waals surface area contributed by atoms with Gasteiger partial charge in [0.2, 0.25) is 0 Å². The predicted molar refractivity (Wildman–Crippen MR) is 90.1 cm³/mol. The molecule has 1 heterocycles. The van der Waals surface area contributed by atoms with Crippen LogP contribution in [-0.4, -0.2) is 27.4 Å². The van der Waals surface area contributed by atoms with Crippen LogP contribution in [0.4, 0.5) is 5.69 Å². The summed E-state index contributed by atoms with van der Waals surface area (Å²) >= 11 is 0. The second kappa shape index (κ2) is 7.08. The molecule has 0 radical (unpaired) electrons. The summed E-state index contributed by atoms with van der Waals surface area (Å²) in [5.41, 5.74) is 2.50. The van der Waals surface area contributed by atoms with E-state index in [-0.39, 0.29) is 5.69 Å². The summed E-state index contributed by atoms with van der Waals surface area (Å²) in [7, 11) is 0. The van der Waals surface area contributed by atoms with Gasteiger partial charge in [0.05, 0.1) is 18.0 Å². The monoisotopic (exact) mass is 339 g/mol. The van der Waals surface area contributed by atoms with Crippen molar-refractivity contribution < 1.29 is 9.72 Å². The third-order valence-corrected chi connectivity index (χ3v) is 3.99. The topological polar surface area (TPSA) is 91.4 Å². The molecular weight excluding hydrogens is 322 g/mol. The molecule has 0 N–H and O–H groups in total. The van der Waals surface area contributed by atoms with E-state index in [0.717, 1.165) is 17.4 Å². The third-order valence-electron chi connectivity index (χ3n) is 3.99. The minimum Gasteiger partial charge on any atom is -0.299 e. The smallest absolute Gasteiger partial charge is 0.272 e. The van der Waals surface area contributed by atoms with Crippen molar-refractivity contribution in [3.8, 4) is 0 Å². The molecule has 0 spiro atoms. The van der Waals surface area contributed by atoms with Crippen molar-refractivity contribution in [1.82, 2.24) is 10.0 Å². The Kier molecular flexibility index (Phi) is 4.69. The van der Waals surface area contributed by atoms with Gasteiger partial charge in [-0.1, -0.05) is 46.8 Å². The van der Waals surface area contributed by atoms with Crippen LogP contribution in [-0.2, 0) is 17.9 Å². The van der Waals surface area contributed by atoms with Crippen molar-refractivity contribution in [2.45, 2.75) is 26.2 Å². The van der Waals surface area contributed by atoms with Crippen LogP contribution in [0.2, 0.25) is 0 Å². The van der Waals surface area contributed by atoms with E-state index in [1.165, 1.54) is 6.07 Å². The Labute approximate surface area is 144 Å². The molecule has 0 fully saturated rings. The minimum absolute atomic E-state index is 0.0736. The number of nitro groups is 1. The molecule has 1 unspecified atom stereocenters. The Hall–Kier alpha value is -3.29. The van der Waals surface area contributed by atoms with Crippen LogP contribution in [0.25, 0.3) is 0 Å². The normalized spacial score (nSPS) is 16.3. The molecule has 1 atom stereocenters. The lowest BCUT2D eigenvalue weighted by Gasteiger charge is -2.23. The predicted octanol–water partition coefficient (Wildman–Crippen LogP) is 3.03. The zero-order valence-corrected chi connectivity index (χ0v) is 13.6. The first-order valence-electron chi connectivity index (χ1n) is 7.76. The lowest BCUT2D eigenvalue weighted by molar-refractivity contribution is -0.385. The van der Waals surface area contributed by atoms with Crippen LogP contribution in [0.1, 0.15) is 16.7 Å². The molecule has 0 amide bonds. The molecule has 8 heteroatoms. The maximum Gasteiger partial charge on any atom is 0.272 e. The zero-order chi connectivity index (χ0) is 17.8. The number of nitrogens with zero attached hydrogens (tertiary/aromatic N) is 5. The molecule has 128 valence electrons. The average molecular weight is 339 g/mol. The Morgan fingerprint density at radius 1 is 1.08 bits per heavy atom. The van der Waals surface area contributed by atoms with Gasteiger partial charge in [-0.15, -0.1) is 0 Å². The van der Waals surface area contributed by atoms with Crippen molar-refractivity contribution in [1.29, 1.82) is 0 Å². The van der Waals surface area contributed by atoms with E-state index in [0.29, 0.717) is 18.7 Å². The second-order valence-electron chi connectivity index (χ2n) is 5.79. The van der Waals surface area contributed by atoms with E-state index in [2.05, 4.69) is 10.4 Å². The number of nitro benzene ring substituents is 1. The van der Waals surface area contributed by atoms with E-state index in [1.54, 1.807) is 29.1 Å². The van der Waals surface area contributed by atoms with Crippen LogP contribution in [0, 0.1) is 17.0 Å². The summed E-state index contributed by atoms with van der Waals surface area (Å²) in [6.07, 6.45) is 0.192. The van der Waals surface area contributed by atoms with Crippen LogP contribution in [0.3, 0.4) is 0 Å². The highest BCUT2D eigenvalue weighted by molar-refractivity contribution is 5.57. The standard InChI is InChI=1S/C17H17N5O3/c1-13-9-15(7-8-16(13)22(24)25)11-21-17(12-23)20(18-19-21)10-14-5-3-2-4-6-14/h2-9,12,17H,10-11H2,1H3. The summed E-state index contributed by atoms with van der Waals surface area (Å²) in [6.45, 7) is 2.51. The highest BCUT2D eigenvalue weighted by Crippen LogP contribution is 2.23. The number of hydrogen-bond donors (Lipinski definition) is 0. The molecule has 0 bridgehead atoms. The molecule has 3 rings (SSSR count). The van der Waals surface area contributed by atoms with Gasteiger partial charge >= 0.3 is 0 Å². The van der Waals surface area contributed by atoms with Crippen LogP contribution >= 0.6 is 0 Å². The number of aldehydes is 1. The molecule has 8 nitrogen and oxygen atoms in total. The Morgan fingerprint density at radius 2 is 1.72 bits per heavy atom. The zero-order valence-electron chi connectivity index (χ0n) is 13.6. The van der Waals surface area contributed by atoms with E-state index in [4.69, 9.17) is 0 Å². The first-order chi connectivity index (χ1) is 12.1. The third kappa shape index (κ3) is 3.63. The van der Waals surface area contributed by atoms with E-state index in [1.807, 2.05) is 30.3 Å².